The molecule has 0 radical (unpaired) electrons. The van der Waals surface area contributed by atoms with Crippen LogP contribution in [0.25, 0.3) is 22.0 Å². The second-order valence-electron chi connectivity index (χ2n) is 6.57. The Hall–Kier alpha value is -1.93. The van der Waals surface area contributed by atoms with Gasteiger partial charge in [-0.2, -0.15) is 0 Å². The van der Waals surface area contributed by atoms with Gasteiger partial charge >= 0.3 is 0 Å². The molecular weight excluding hydrogens is 321 g/mol. The number of hydrogen-bond acceptors (Lipinski definition) is 1. The predicted octanol–water partition coefficient (Wildman–Crippen LogP) is 6.21. The number of fused-ring (bicyclic) bond motifs is 2. The van der Waals surface area contributed by atoms with Crippen molar-refractivity contribution in [3.8, 4) is 11.1 Å². The van der Waals surface area contributed by atoms with E-state index in [1.807, 2.05) is 30.3 Å². The first-order valence-electron chi connectivity index (χ1n) is 8.53. The Labute approximate surface area is 146 Å². The molecule has 0 saturated carbocycles. The lowest BCUT2D eigenvalue weighted by Gasteiger charge is -2.26. The Bertz CT molecular complexity index is 919. The van der Waals surface area contributed by atoms with E-state index < -0.39 is 0 Å². The molecule has 0 bridgehead atoms. The van der Waals surface area contributed by atoms with Crippen LogP contribution in [0.4, 0.5) is 4.39 Å². The first kappa shape index (κ1) is 15.6. The summed E-state index contributed by atoms with van der Waals surface area (Å²) in [5.74, 6) is 0.451. The maximum atomic E-state index is 14.6. The highest BCUT2D eigenvalue weighted by atomic mass is 35.5. The summed E-state index contributed by atoms with van der Waals surface area (Å²) in [5, 5.41) is 1.60. The van der Waals surface area contributed by atoms with Gasteiger partial charge in [-0.25, -0.2) is 4.39 Å². The van der Waals surface area contributed by atoms with Crippen LogP contribution in [-0.4, -0.2) is 4.98 Å². The van der Waals surface area contributed by atoms with Crippen molar-refractivity contribution in [3.63, 3.8) is 0 Å². The van der Waals surface area contributed by atoms with Crippen molar-refractivity contribution in [1.82, 2.24) is 4.98 Å². The molecule has 1 aliphatic carbocycles. The Balaban J connectivity index is 2.07. The second kappa shape index (κ2) is 6.18. The van der Waals surface area contributed by atoms with E-state index in [0.29, 0.717) is 16.5 Å². The molecular formula is C21H19ClFN. The summed E-state index contributed by atoms with van der Waals surface area (Å²) in [6, 6.07) is 12.7. The van der Waals surface area contributed by atoms with Crippen LogP contribution in [0.3, 0.4) is 0 Å². The molecule has 1 nitrogen and oxygen atoms in total. The smallest absolute Gasteiger partial charge is 0.131 e. The Kier molecular flexibility index (Phi) is 4.01. The number of hydrogen-bond donors (Lipinski definition) is 0. The molecule has 2 aromatic carbocycles. The topological polar surface area (TPSA) is 12.9 Å². The monoisotopic (exact) mass is 339 g/mol. The fourth-order valence-electron chi connectivity index (χ4n) is 3.80. The third-order valence-electron chi connectivity index (χ3n) is 5.14. The van der Waals surface area contributed by atoms with Gasteiger partial charge in [0.15, 0.2) is 0 Å². The van der Waals surface area contributed by atoms with Gasteiger partial charge in [-0.3, -0.25) is 4.98 Å². The SMILES string of the molecule is CC[C@@H]1CCc2nc3ccc(Cl)cc3c(-c3ccccc3F)c2C1. The number of aryl methyl sites for hydroxylation is 1. The van der Waals surface area contributed by atoms with E-state index >= 15 is 0 Å². The largest absolute Gasteiger partial charge is 0.253 e. The lowest BCUT2D eigenvalue weighted by atomic mass is 9.80. The van der Waals surface area contributed by atoms with Crippen LogP contribution in [0.5, 0.6) is 0 Å². The van der Waals surface area contributed by atoms with Gasteiger partial charge in [0.1, 0.15) is 5.82 Å². The van der Waals surface area contributed by atoms with Crippen molar-refractivity contribution < 1.29 is 4.39 Å². The molecule has 4 rings (SSSR count). The number of halogens is 2. The molecule has 24 heavy (non-hydrogen) atoms. The summed E-state index contributed by atoms with van der Waals surface area (Å²) in [5.41, 5.74) is 4.85. The Morgan fingerprint density at radius 1 is 1.21 bits per heavy atom. The molecule has 3 aromatic rings. The van der Waals surface area contributed by atoms with E-state index in [4.69, 9.17) is 16.6 Å². The molecule has 122 valence electrons. The summed E-state index contributed by atoms with van der Waals surface area (Å²) in [4.78, 5) is 4.86. The molecule has 0 aliphatic heterocycles. The zero-order valence-electron chi connectivity index (χ0n) is 13.7. The van der Waals surface area contributed by atoms with Gasteiger partial charge in [-0.05, 0) is 60.6 Å². The number of nitrogens with zero attached hydrogens (tertiary/aromatic N) is 1. The summed E-state index contributed by atoms with van der Waals surface area (Å²) < 4.78 is 14.6. The minimum Gasteiger partial charge on any atom is -0.253 e. The highest BCUT2D eigenvalue weighted by molar-refractivity contribution is 6.31. The van der Waals surface area contributed by atoms with Crippen molar-refractivity contribution in [2.24, 2.45) is 5.92 Å². The molecule has 0 unspecified atom stereocenters. The number of rotatable bonds is 2. The van der Waals surface area contributed by atoms with Crippen LogP contribution >= 0.6 is 11.6 Å². The molecule has 0 saturated heterocycles. The fourth-order valence-corrected chi connectivity index (χ4v) is 3.98. The molecule has 0 N–H and O–H groups in total. The first-order valence-corrected chi connectivity index (χ1v) is 8.91. The van der Waals surface area contributed by atoms with E-state index in [0.717, 1.165) is 47.8 Å². The fraction of sp³-hybridized carbons (Fsp3) is 0.286. The van der Waals surface area contributed by atoms with E-state index in [1.54, 1.807) is 6.07 Å². The number of pyridine rings is 1. The molecule has 0 fully saturated rings. The molecule has 1 atom stereocenters. The van der Waals surface area contributed by atoms with Gasteiger partial charge < -0.3 is 0 Å². The normalized spacial score (nSPS) is 17.0. The molecule has 1 heterocycles. The standard InChI is InChI=1S/C21H19ClFN/c1-2-13-7-9-19-16(11-13)21(15-5-3-4-6-18(15)23)17-12-14(22)8-10-20(17)24-19/h3-6,8,10,12-13H,2,7,9,11H2,1H3/t13-/m1/s1. The van der Waals surface area contributed by atoms with Crippen molar-refractivity contribution in [1.29, 1.82) is 0 Å². The van der Waals surface area contributed by atoms with Crippen LogP contribution < -0.4 is 0 Å². The van der Waals surface area contributed by atoms with Gasteiger partial charge in [0.25, 0.3) is 0 Å². The minimum atomic E-state index is -0.189. The number of aromatic nitrogens is 1. The van der Waals surface area contributed by atoms with Gasteiger partial charge in [0.2, 0.25) is 0 Å². The lowest BCUT2D eigenvalue weighted by molar-refractivity contribution is 0.441. The highest BCUT2D eigenvalue weighted by Gasteiger charge is 2.25. The average Bonchev–Trinajstić information content (AvgIpc) is 2.60. The van der Waals surface area contributed by atoms with Crippen molar-refractivity contribution >= 4 is 22.5 Å². The molecule has 1 aromatic heterocycles. The Morgan fingerprint density at radius 2 is 2.04 bits per heavy atom. The summed E-state index contributed by atoms with van der Waals surface area (Å²) in [6.45, 7) is 2.23. The maximum Gasteiger partial charge on any atom is 0.131 e. The molecule has 0 amide bonds. The van der Waals surface area contributed by atoms with Crippen LogP contribution in [0.2, 0.25) is 5.02 Å². The number of benzene rings is 2. The van der Waals surface area contributed by atoms with E-state index in [9.17, 15) is 4.39 Å². The minimum absolute atomic E-state index is 0.189. The van der Waals surface area contributed by atoms with Gasteiger partial charge in [-0.15, -0.1) is 0 Å². The quantitative estimate of drug-likeness (QED) is 0.541. The summed E-state index contributed by atoms with van der Waals surface area (Å²) in [7, 11) is 0. The van der Waals surface area contributed by atoms with Gasteiger partial charge in [0.05, 0.1) is 5.52 Å². The molecule has 1 aliphatic rings. The zero-order chi connectivity index (χ0) is 16.7. The second-order valence-corrected chi connectivity index (χ2v) is 7.01. The van der Waals surface area contributed by atoms with Crippen molar-refractivity contribution in [2.45, 2.75) is 32.6 Å². The van der Waals surface area contributed by atoms with Gasteiger partial charge in [-0.1, -0.05) is 43.1 Å². The summed E-state index contributed by atoms with van der Waals surface area (Å²) >= 11 is 6.24. The maximum absolute atomic E-state index is 14.6. The van der Waals surface area contributed by atoms with Crippen molar-refractivity contribution in [2.75, 3.05) is 0 Å². The van der Waals surface area contributed by atoms with E-state index in [1.165, 1.54) is 11.6 Å². The third kappa shape index (κ3) is 2.59. The van der Waals surface area contributed by atoms with E-state index in [2.05, 4.69) is 6.92 Å². The Morgan fingerprint density at radius 3 is 2.83 bits per heavy atom. The van der Waals surface area contributed by atoms with Crippen LogP contribution in [0.1, 0.15) is 31.0 Å². The van der Waals surface area contributed by atoms with Crippen LogP contribution in [-0.2, 0) is 12.8 Å². The summed E-state index contributed by atoms with van der Waals surface area (Å²) in [6.07, 6.45) is 4.23. The van der Waals surface area contributed by atoms with E-state index in [-0.39, 0.29) is 5.82 Å². The highest BCUT2D eigenvalue weighted by Crippen LogP contribution is 2.40. The lowest BCUT2D eigenvalue weighted by Crippen LogP contribution is -2.16. The third-order valence-corrected chi connectivity index (χ3v) is 5.37. The van der Waals surface area contributed by atoms with Crippen molar-refractivity contribution in [3.05, 3.63) is 64.6 Å². The predicted molar refractivity (Wildman–Crippen MR) is 98.0 cm³/mol. The molecule has 3 heteroatoms. The zero-order valence-corrected chi connectivity index (χ0v) is 14.4. The average molecular weight is 340 g/mol. The van der Waals surface area contributed by atoms with Crippen LogP contribution in [0, 0.1) is 11.7 Å². The molecule has 0 spiro atoms. The van der Waals surface area contributed by atoms with Gasteiger partial charge in [0, 0.05) is 21.7 Å². The first-order chi connectivity index (χ1) is 11.7. The van der Waals surface area contributed by atoms with Crippen LogP contribution in [0.15, 0.2) is 42.5 Å².